The molecule has 1 aromatic heterocycles. The molecule has 0 bridgehead atoms. The van der Waals surface area contributed by atoms with Crippen molar-refractivity contribution in [2.24, 2.45) is 4.30 Å². The number of halogens is 7. The molecule has 0 atom stereocenters. The van der Waals surface area contributed by atoms with Crippen LogP contribution in [0.4, 0.5) is 41.6 Å². The molecule has 0 saturated carbocycles. The number of nitrogens with one attached hydrogen (secondary N) is 4. The summed E-state index contributed by atoms with van der Waals surface area (Å²) in [6.45, 7) is 17.8. The predicted molar refractivity (Wildman–Crippen MR) is 468 cm³/mol. The zero-order valence-corrected chi connectivity index (χ0v) is 71.1. The summed E-state index contributed by atoms with van der Waals surface area (Å²) in [5.41, 5.74) is 5.75. The number of aromatic nitrogens is 1. The summed E-state index contributed by atoms with van der Waals surface area (Å²) in [6.07, 6.45) is 10.1. The number of aliphatic hydroxyl groups excluding tert-OH is 1. The fourth-order valence-corrected chi connectivity index (χ4v) is 15.4. The average Bonchev–Trinajstić information content (AvgIpc) is 1.62. The Hall–Kier alpha value is -6.37. The molecular formula is C74H105B5Br4F3N12O17S. The summed E-state index contributed by atoms with van der Waals surface area (Å²) < 4.78 is 61.4. The van der Waals surface area contributed by atoms with Gasteiger partial charge in [0.05, 0.1) is 45.7 Å². The number of piperidine rings is 6. The number of aliphatic hydroxyl groups is 1. The van der Waals surface area contributed by atoms with Gasteiger partial charge in [0.1, 0.15) is 41.7 Å². The van der Waals surface area contributed by atoms with Crippen molar-refractivity contribution in [2.75, 3.05) is 94.1 Å². The molecule has 8 aliphatic rings. The van der Waals surface area contributed by atoms with Crippen LogP contribution in [0.25, 0.3) is 10.9 Å². The number of nitrogens with zero attached hydrogens (tertiary/aromatic N) is 8. The number of hydrogen-bond acceptors (Lipinski definition) is 25. The monoisotopic (exact) mass is 1890 g/mol. The standard InChI is InChI=1S/C18H25N3O2.C14H18BBrN2O3.C14H18BBrN2O2.C12H16BBrN2O4.C6H14BNO2.C6H4BrNO3.C2HF3O.2CH4.BHNS/c22-17-12-14-15(21-10-2-1-3-11-21)4-5-16(18(14)20-17)23-13-6-8-19-9-7-13;1-15(20)18-6-4-9(5-7-18)21-12-3-2-11(16)10-8-13(19)17-14(10)12;1-15(19)18-8-5-10(6-9-18)20-13-3-2-12(16)11-4-7-17-14(11)13;1-13(17)15-6-4-10(5-7-15)20-12-3-2-9(14)8-11(12)16(18)19;1-7(10)8-4-2-6(9)3-5-8;7-4-1-2-6(9)5(3-4)8(10)11;3-2(4,5)1-6;;;1-2-3/h4-5,13,19H,1-3,6-12H2,(H,20,22);2-3,9,20H,4-8H2,1H3,(H,17,19);2-4,7,10,17,19H,5-6,8-9H2,1H3;2-3,8,10,17H,4-7H2,1H3;6,9-10H,2-5H2,1H3;1-3,9H;1H;2*1H4;3H. The summed E-state index contributed by atoms with van der Waals surface area (Å²) in [4.78, 5) is 66.1. The van der Waals surface area contributed by atoms with Crippen LogP contribution in [-0.2, 0) is 27.2 Å². The number of H-pyrrole nitrogens is 1. The third-order valence-corrected chi connectivity index (χ3v) is 22.3. The van der Waals surface area contributed by atoms with Crippen molar-refractivity contribution >= 4 is 170 Å². The number of carbonyl (C=O) groups excluding carboxylic acids is 3. The molecule has 14 rings (SSSR count). The molecule has 0 unspecified atom stereocenters. The van der Waals surface area contributed by atoms with E-state index in [-0.39, 0.29) is 88.4 Å². The summed E-state index contributed by atoms with van der Waals surface area (Å²) in [5, 5.41) is 87.4. The number of hydrogen-bond donors (Lipinski definition) is 11. The fourth-order valence-electron chi connectivity index (χ4n) is 13.7. The van der Waals surface area contributed by atoms with E-state index in [1.54, 1.807) is 32.6 Å². The number of benzene rings is 5. The third-order valence-electron chi connectivity index (χ3n) is 19.9. The predicted octanol–water partition coefficient (Wildman–Crippen LogP) is 13.2. The van der Waals surface area contributed by atoms with Crippen LogP contribution in [-0.4, -0.2) is 234 Å². The van der Waals surface area contributed by atoms with Gasteiger partial charge in [-0.25, -0.2) is 0 Å². The summed E-state index contributed by atoms with van der Waals surface area (Å²) >= 11 is 16.5. The second-order valence-corrected chi connectivity index (χ2v) is 31.9. The number of ether oxygens (including phenoxy) is 4. The Morgan fingerprint density at radius 3 is 1.39 bits per heavy atom. The van der Waals surface area contributed by atoms with Crippen LogP contribution >= 0.6 is 76.5 Å². The van der Waals surface area contributed by atoms with Gasteiger partial charge < -0.3 is 94.3 Å². The van der Waals surface area contributed by atoms with E-state index >= 15 is 0 Å². The van der Waals surface area contributed by atoms with E-state index in [0.717, 1.165) is 202 Å². The van der Waals surface area contributed by atoms with Crippen LogP contribution in [0.2, 0.25) is 27.3 Å². The summed E-state index contributed by atoms with van der Waals surface area (Å²) in [7, 11) is 2.76. The van der Waals surface area contributed by atoms with E-state index in [0.29, 0.717) is 27.5 Å². The molecule has 29 nitrogen and oxygen atoms in total. The van der Waals surface area contributed by atoms with Gasteiger partial charge in [0.15, 0.2) is 11.5 Å². The molecule has 0 spiro atoms. The van der Waals surface area contributed by atoms with Gasteiger partial charge in [-0.05, 0) is 243 Å². The van der Waals surface area contributed by atoms with E-state index in [1.807, 2.05) is 57.8 Å². The van der Waals surface area contributed by atoms with E-state index in [2.05, 4.69) is 131 Å². The molecule has 6 aromatic rings. The first-order valence-electron chi connectivity index (χ1n) is 37.7. The maximum atomic E-state index is 12.0. The van der Waals surface area contributed by atoms with Crippen molar-refractivity contribution in [3.05, 3.63) is 134 Å². The molecule has 6 fully saturated rings. The van der Waals surface area contributed by atoms with Crippen LogP contribution in [0.1, 0.15) is 109 Å². The minimum absolute atomic E-state index is 0. The minimum atomic E-state index is -4.64. The van der Waals surface area contributed by atoms with Gasteiger partial charge in [0.25, 0.3) is 0 Å². The Labute approximate surface area is 717 Å². The van der Waals surface area contributed by atoms with E-state index < -0.39 is 36.4 Å². The summed E-state index contributed by atoms with van der Waals surface area (Å²) in [5.74, 6) is 2.56. The van der Waals surface area contributed by atoms with Crippen LogP contribution in [0.5, 0.6) is 28.7 Å². The fraction of sp³-hybridized carbons (Fsp3) is 0.527. The first-order chi connectivity index (χ1) is 54.3. The molecule has 5 aromatic carbocycles. The Kier molecular flexibility index (Phi) is 43.2. The number of nitro groups is 2. The number of thiol groups is 1. The topological polar surface area (TPSA) is 376 Å². The van der Waals surface area contributed by atoms with Gasteiger partial charge >= 0.3 is 70.5 Å². The number of fused-ring (bicyclic) bond motifs is 3. The van der Waals surface area contributed by atoms with E-state index in [9.17, 15) is 58.1 Å². The second-order valence-electron chi connectivity index (χ2n) is 28.1. The number of carbonyl (C=O) groups is 3. The molecular weight excluding hydrogens is 1790 g/mol. The molecule has 8 aliphatic heterocycles. The van der Waals surface area contributed by atoms with Crippen LogP contribution in [0, 0.1) is 20.2 Å². The Morgan fingerprint density at radius 2 is 0.940 bits per heavy atom. The van der Waals surface area contributed by atoms with E-state index in [4.69, 9.17) is 39.0 Å². The number of alkyl halides is 3. The molecule has 0 aliphatic carbocycles. The van der Waals surface area contributed by atoms with Gasteiger partial charge in [-0.1, -0.05) is 78.6 Å². The van der Waals surface area contributed by atoms with Gasteiger partial charge in [0, 0.05) is 71.5 Å². The van der Waals surface area contributed by atoms with Crippen molar-refractivity contribution in [3.8, 4) is 28.7 Å². The Morgan fingerprint density at radius 1 is 0.560 bits per heavy atom. The zero-order valence-electron chi connectivity index (χ0n) is 63.9. The molecule has 116 heavy (non-hydrogen) atoms. The van der Waals surface area contributed by atoms with Crippen molar-refractivity contribution in [2.45, 2.75) is 175 Å². The SMILES string of the molecule is C.C.CB(O)N1CCC(O)CC1.CB(O)N1CCC(Oc2ccc(Br)c3c2NC(=O)C3)CC1.CB(O)N1CCC(Oc2ccc(Br)c3cc[nH]c23)CC1.CB(O)N1CCC(Oc2ccc(Br)cc2[N+](=O)[O-])CC1.O=C1Cc2c(N3CCCCC3)ccc(OC3CCNCC3)c2N1.O=CC(F)(F)F.O=[N+]([O-])c1cc(Br)ccc1O.[B]=NS. The molecule has 42 heteroatoms. The number of rotatable bonds is 15. The van der Waals surface area contributed by atoms with Crippen molar-refractivity contribution < 1.29 is 86.7 Å². The van der Waals surface area contributed by atoms with E-state index in [1.165, 1.54) is 49.2 Å². The molecule has 633 valence electrons. The number of phenolic OH excluding ortho intramolecular Hbond substituents is 1. The third kappa shape index (κ3) is 32.0. The molecule has 10 N–H and O–H groups in total. The van der Waals surface area contributed by atoms with Gasteiger partial charge in [-0.15, -0.1) is 0 Å². The molecule has 2 amide bonds. The van der Waals surface area contributed by atoms with Crippen molar-refractivity contribution in [1.29, 1.82) is 0 Å². The quantitative estimate of drug-likeness (QED) is 0.0150. The Balaban J connectivity index is 0.000000246. The number of phenols is 1. The zero-order chi connectivity index (χ0) is 83.3. The summed E-state index contributed by atoms with van der Waals surface area (Å²) in [6, 6.07) is 22.9. The van der Waals surface area contributed by atoms with Crippen molar-refractivity contribution in [1.82, 2.24) is 29.5 Å². The maximum absolute atomic E-state index is 12.0. The first kappa shape index (κ1) is 100. The molecule has 9 heterocycles. The second kappa shape index (κ2) is 50.0. The Bertz CT molecular complexity index is 4110. The normalized spacial score (nSPS) is 17.4. The van der Waals surface area contributed by atoms with Crippen LogP contribution in [0.15, 0.2) is 107 Å². The van der Waals surface area contributed by atoms with Gasteiger partial charge in [-0.2, -0.15) is 13.2 Å². The number of nitro benzene ring substituents is 2. The number of aromatic amines is 1. The molecule has 1 radical (unpaired) electrons. The number of amides is 2. The number of aromatic hydroxyl groups is 1. The van der Waals surface area contributed by atoms with Gasteiger partial charge in [0.2, 0.25) is 18.1 Å². The average molecular weight is 1900 g/mol. The first-order valence-corrected chi connectivity index (χ1v) is 41.3. The van der Waals surface area contributed by atoms with Crippen LogP contribution in [0.3, 0.4) is 0 Å². The number of anilines is 3. The molecule has 6 saturated heterocycles. The number of aldehydes is 1. The van der Waals surface area contributed by atoms with Crippen LogP contribution < -0.4 is 39.8 Å². The van der Waals surface area contributed by atoms with Crippen molar-refractivity contribution in [3.63, 3.8) is 0 Å². The van der Waals surface area contributed by atoms with Gasteiger partial charge in [-0.3, -0.25) is 34.6 Å².